The van der Waals surface area contributed by atoms with E-state index in [0.717, 1.165) is 26.3 Å². The summed E-state index contributed by atoms with van der Waals surface area (Å²) < 4.78 is 3.31. The predicted octanol–water partition coefficient (Wildman–Crippen LogP) is 6.82. The van der Waals surface area contributed by atoms with Crippen LogP contribution in [0.5, 0.6) is 0 Å². The number of thiazole rings is 1. The molecule has 0 aliphatic carbocycles. The largest absolute Gasteiger partial charge is 0.285 e. The number of hydrogen-bond acceptors (Lipinski definition) is 2. The minimum absolute atomic E-state index is 0.959. The summed E-state index contributed by atoms with van der Waals surface area (Å²) in [5.74, 6) is 0. The van der Waals surface area contributed by atoms with Gasteiger partial charge in [0.15, 0.2) is 4.80 Å². The Hall–Kier alpha value is -2.43. The van der Waals surface area contributed by atoms with E-state index in [2.05, 4.69) is 113 Å². The summed E-state index contributed by atoms with van der Waals surface area (Å²) in [6.07, 6.45) is 0. The summed E-state index contributed by atoms with van der Waals surface area (Å²) in [6, 6.07) is 25.3. The molecule has 0 aliphatic heterocycles. The first-order valence-corrected chi connectivity index (χ1v) is 10.4. The Morgan fingerprint density at radius 1 is 0.778 bits per heavy atom. The third-order valence-corrected chi connectivity index (χ3v) is 5.75. The van der Waals surface area contributed by atoms with Crippen LogP contribution in [0.1, 0.15) is 11.1 Å². The highest BCUT2D eigenvalue weighted by molar-refractivity contribution is 9.10. The van der Waals surface area contributed by atoms with Crippen molar-refractivity contribution in [3.63, 3.8) is 0 Å². The average molecular weight is 435 g/mol. The summed E-state index contributed by atoms with van der Waals surface area (Å²) in [7, 11) is 0. The van der Waals surface area contributed by atoms with Crippen LogP contribution in [0, 0.1) is 13.8 Å². The maximum Gasteiger partial charge on any atom is 0.195 e. The Morgan fingerprint density at radius 2 is 1.37 bits per heavy atom. The lowest BCUT2D eigenvalue weighted by atomic mass is 10.1. The minimum atomic E-state index is 0.959. The molecule has 0 fully saturated rings. The van der Waals surface area contributed by atoms with Crippen molar-refractivity contribution in [1.82, 2.24) is 4.57 Å². The van der Waals surface area contributed by atoms with Crippen molar-refractivity contribution in [2.24, 2.45) is 4.99 Å². The maximum absolute atomic E-state index is 4.92. The van der Waals surface area contributed by atoms with Gasteiger partial charge in [-0.25, -0.2) is 4.99 Å². The Balaban J connectivity index is 1.92. The lowest BCUT2D eigenvalue weighted by Crippen LogP contribution is -2.13. The highest BCUT2D eigenvalue weighted by Gasteiger charge is 2.10. The number of aromatic nitrogens is 1. The van der Waals surface area contributed by atoms with Gasteiger partial charge in [0.25, 0.3) is 0 Å². The SMILES string of the molecule is Cc1ccc(N=c2scc(-c3ccc(Br)cc3)n2-c2ccc(C)cc2)cc1. The number of nitrogens with zero attached hydrogens (tertiary/aromatic N) is 2. The van der Waals surface area contributed by atoms with Crippen molar-refractivity contribution in [3.8, 4) is 16.9 Å². The minimum Gasteiger partial charge on any atom is -0.285 e. The molecule has 4 rings (SSSR count). The van der Waals surface area contributed by atoms with Gasteiger partial charge in [0.2, 0.25) is 0 Å². The fourth-order valence-electron chi connectivity index (χ4n) is 2.88. The van der Waals surface area contributed by atoms with Crippen molar-refractivity contribution in [2.45, 2.75) is 13.8 Å². The quantitative estimate of drug-likeness (QED) is 0.336. The molecule has 3 aromatic carbocycles. The molecular weight excluding hydrogens is 416 g/mol. The van der Waals surface area contributed by atoms with E-state index >= 15 is 0 Å². The van der Waals surface area contributed by atoms with E-state index in [-0.39, 0.29) is 0 Å². The van der Waals surface area contributed by atoms with Crippen molar-refractivity contribution >= 4 is 33.0 Å². The topological polar surface area (TPSA) is 17.3 Å². The van der Waals surface area contributed by atoms with Crippen molar-refractivity contribution in [2.75, 3.05) is 0 Å². The standard InChI is InChI=1S/C23H19BrN2S/c1-16-3-11-20(12-4-16)25-23-26(21-13-5-17(2)6-14-21)22(15-27-23)18-7-9-19(24)10-8-18/h3-15H,1-2H3. The van der Waals surface area contributed by atoms with Crippen LogP contribution in [0.25, 0.3) is 16.9 Å². The summed E-state index contributed by atoms with van der Waals surface area (Å²) in [4.78, 5) is 5.88. The number of halogens is 1. The highest BCUT2D eigenvalue weighted by Crippen LogP contribution is 2.26. The first-order valence-electron chi connectivity index (χ1n) is 8.75. The molecule has 0 unspecified atom stereocenters. The molecule has 0 saturated heterocycles. The summed E-state index contributed by atoms with van der Waals surface area (Å²) >= 11 is 5.18. The van der Waals surface area contributed by atoms with Crippen molar-refractivity contribution < 1.29 is 0 Å². The average Bonchev–Trinajstić information content (AvgIpc) is 3.08. The Bertz CT molecular complexity index is 1120. The lowest BCUT2D eigenvalue weighted by molar-refractivity contribution is 1.01. The van der Waals surface area contributed by atoms with Crippen LogP contribution in [-0.4, -0.2) is 4.57 Å². The molecule has 0 radical (unpaired) electrons. The molecule has 1 aromatic heterocycles. The molecule has 0 spiro atoms. The molecule has 0 atom stereocenters. The van der Waals surface area contributed by atoms with Gasteiger partial charge in [-0.05, 0) is 55.8 Å². The van der Waals surface area contributed by atoms with Crippen LogP contribution in [0.4, 0.5) is 5.69 Å². The highest BCUT2D eigenvalue weighted by atomic mass is 79.9. The molecule has 1 heterocycles. The second-order valence-corrected chi connectivity index (χ2v) is 8.28. The van der Waals surface area contributed by atoms with E-state index in [1.807, 2.05) is 0 Å². The molecule has 0 N–H and O–H groups in total. The zero-order valence-electron chi connectivity index (χ0n) is 15.2. The third kappa shape index (κ3) is 3.97. The van der Waals surface area contributed by atoms with Gasteiger partial charge >= 0.3 is 0 Å². The smallest absolute Gasteiger partial charge is 0.195 e. The lowest BCUT2D eigenvalue weighted by Gasteiger charge is -2.10. The Morgan fingerprint density at radius 3 is 2.00 bits per heavy atom. The van der Waals surface area contributed by atoms with E-state index in [1.165, 1.54) is 16.7 Å². The molecule has 0 bridgehead atoms. The molecule has 134 valence electrons. The van der Waals surface area contributed by atoms with Gasteiger partial charge < -0.3 is 0 Å². The van der Waals surface area contributed by atoms with Gasteiger partial charge in [-0.1, -0.05) is 63.5 Å². The zero-order chi connectivity index (χ0) is 18.8. The molecule has 0 amide bonds. The Labute approximate surface area is 171 Å². The van der Waals surface area contributed by atoms with Crippen LogP contribution >= 0.6 is 27.3 Å². The van der Waals surface area contributed by atoms with E-state index in [9.17, 15) is 0 Å². The van der Waals surface area contributed by atoms with E-state index in [1.54, 1.807) is 11.3 Å². The molecule has 0 saturated carbocycles. The van der Waals surface area contributed by atoms with Crippen LogP contribution < -0.4 is 4.80 Å². The normalized spacial score (nSPS) is 11.7. The summed E-state index contributed by atoms with van der Waals surface area (Å²) in [5, 5.41) is 2.18. The van der Waals surface area contributed by atoms with E-state index < -0.39 is 0 Å². The molecule has 4 aromatic rings. The van der Waals surface area contributed by atoms with Gasteiger partial charge in [0.1, 0.15) is 0 Å². The third-order valence-electron chi connectivity index (χ3n) is 4.40. The number of aryl methyl sites for hydroxylation is 2. The second kappa shape index (κ2) is 7.67. The summed E-state index contributed by atoms with van der Waals surface area (Å²) in [5.41, 5.74) is 6.87. The second-order valence-electron chi connectivity index (χ2n) is 6.53. The van der Waals surface area contributed by atoms with Gasteiger partial charge in [-0.2, -0.15) is 0 Å². The fourth-order valence-corrected chi connectivity index (χ4v) is 4.07. The summed E-state index contributed by atoms with van der Waals surface area (Å²) in [6.45, 7) is 4.20. The maximum atomic E-state index is 4.92. The van der Waals surface area contributed by atoms with Crippen molar-refractivity contribution in [1.29, 1.82) is 0 Å². The number of hydrogen-bond donors (Lipinski definition) is 0. The first-order chi connectivity index (χ1) is 13.1. The molecular formula is C23H19BrN2S. The van der Waals surface area contributed by atoms with Gasteiger partial charge in [0, 0.05) is 15.5 Å². The van der Waals surface area contributed by atoms with Gasteiger partial charge in [-0.3, -0.25) is 4.57 Å². The van der Waals surface area contributed by atoms with Crippen LogP contribution in [0.3, 0.4) is 0 Å². The van der Waals surface area contributed by atoms with Crippen molar-refractivity contribution in [3.05, 3.63) is 98.6 Å². The molecule has 4 heteroatoms. The number of benzene rings is 3. The Kier molecular flexibility index (Phi) is 5.10. The molecule has 27 heavy (non-hydrogen) atoms. The monoisotopic (exact) mass is 434 g/mol. The zero-order valence-corrected chi connectivity index (χ0v) is 17.6. The van der Waals surface area contributed by atoms with Crippen LogP contribution in [0.15, 0.2) is 87.6 Å². The van der Waals surface area contributed by atoms with Gasteiger partial charge in [-0.15, -0.1) is 11.3 Å². The number of rotatable bonds is 3. The molecule has 2 nitrogen and oxygen atoms in total. The van der Waals surface area contributed by atoms with Gasteiger partial charge in [0.05, 0.1) is 11.4 Å². The fraction of sp³-hybridized carbons (Fsp3) is 0.0870. The van der Waals surface area contributed by atoms with Crippen LogP contribution in [-0.2, 0) is 0 Å². The first kappa shape index (κ1) is 18.0. The molecule has 0 aliphatic rings. The van der Waals surface area contributed by atoms with Crippen LogP contribution in [0.2, 0.25) is 0 Å². The predicted molar refractivity (Wildman–Crippen MR) is 118 cm³/mol. The van der Waals surface area contributed by atoms with E-state index in [4.69, 9.17) is 4.99 Å². The van der Waals surface area contributed by atoms with E-state index in [0.29, 0.717) is 0 Å².